The fourth-order valence-electron chi connectivity index (χ4n) is 6.31. The topological polar surface area (TPSA) is 65.8 Å². The number of nitrogens with zero attached hydrogens (tertiary/aromatic N) is 2. The predicted molar refractivity (Wildman–Crippen MR) is 219 cm³/mol. The van der Waals surface area contributed by atoms with Gasteiger partial charge < -0.3 is 15.7 Å². The number of allylic oxidation sites excluding steroid dienone is 2. The van der Waals surface area contributed by atoms with E-state index in [0.717, 1.165) is 74.7 Å². The predicted octanol–water partition coefficient (Wildman–Crippen LogP) is 13.4. The first-order chi connectivity index (χ1) is 24.4. The van der Waals surface area contributed by atoms with Crippen molar-refractivity contribution >= 4 is 11.4 Å². The number of aryl methyl sites for hydroxylation is 4. The molecule has 0 atom stereocenters. The number of hydrogen-bond acceptors (Lipinski definition) is 2. The third-order valence-electron chi connectivity index (χ3n) is 9.41. The number of hydrogen-bond donors (Lipinski definition) is 2. The second-order valence-electron chi connectivity index (χ2n) is 14.1. The van der Waals surface area contributed by atoms with Crippen molar-refractivity contribution in [1.29, 1.82) is 0 Å². The van der Waals surface area contributed by atoms with Crippen molar-refractivity contribution in [3.05, 3.63) is 87.0 Å². The number of rotatable bonds is 23. The van der Waals surface area contributed by atoms with Crippen molar-refractivity contribution < 1.29 is 31.4 Å². The number of aliphatic hydroxyl groups is 2. The van der Waals surface area contributed by atoms with E-state index in [0.29, 0.717) is 13.2 Å². The number of aliphatic hydroxyl groups excluding tert-OH is 2. The molecule has 1 aliphatic heterocycles. The van der Waals surface area contributed by atoms with Crippen molar-refractivity contribution in [2.45, 2.75) is 183 Å². The maximum atomic E-state index is 11.8. The summed E-state index contributed by atoms with van der Waals surface area (Å²) in [5.74, 6) is 0. The SMILES string of the molecule is CCCCCCc1cc(CCCC)cc(C2=CC(CC)=C(c3cc(CCCC)cc(CCCCCC)c3)[N+]2=[N-])c1.CCCCO.CCCCO.[Ni]. The molecule has 0 aliphatic carbocycles. The quantitative estimate of drug-likeness (QED) is 0.0675. The number of benzene rings is 2. The van der Waals surface area contributed by atoms with Crippen LogP contribution in [0, 0.1) is 0 Å². The van der Waals surface area contributed by atoms with E-state index in [9.17, 15) is 5.53 Å². The summed E-state index contributed by atoms with van der Waals surface area (Å²) >= 11 is 0. The van der Waals surface area contributed by atoms with Gasteiger partial charge in [0, 0.05) is 52.5 Å². The summed E-state index contributed by atoms with van der Waals surface area (Å²) in [7, 11) is 0. The van der Waals surface area contributed by atoms with Gasteiger partial charge in [-0.05, 0) is 117 Å². The first-order valence-corrected chi connectivity index (χ1v) is 20.8. The first-order valence-electron chi connectivity index (χ1n) is 20.8. The normalized spacial score (nSPS) is 12.2. The van der Waals surface area contributed by atoms with Crippen LogP contribution in [0.25, 0.3) is 16.9 Å². The molecule has 0 spiro atoms. The van der Waals surface area contributed by atoms with Crippen LogP contribution in [-0.2, 0) is 42.2 Å². The first kappa shape index (κ1) is 48.9. The molecule has 0 radical (unpaired) electrons. The van der Waals surface area contributed by atoms with Gasteiger partial charge in [0.2, 0.25) is 11.4 Å². The fraction of sp³-hybridized carbons (Fsp3) is 0.652. The van der Waals surface area contributed by atoms with E-state index in [2.05, 4.69) is 90.9 Å². The minimum Gasteiger partial charge on any atom is -0.493 e. The molecule has 2 aromatic carbocycles. The summed E-state index contributed by atoms with van der Waals surface area (Å²) in [4.78, 5) is 0. The molecule has 1 heterocycles. The van der Waals surface area contributed by atoms with E-state index in [1.54, 1.807) is 0 Å². The Morgan fingerprint density at radius 3 is 1.18 bits per heavy atom. The van der Waals surface area contributed by atoms with Gasteiger partial charge in [0.1, 0.15) is 0 Å². The molecule has 2 N–H and O–H groups in total. The van der Waals surface area contributed by atoms with Crippen molar-refractivity contribution in [1.82, 2.24) is 0 Å². The van der Waals surface area contributed by atoms with Gasteiger partial charge in [-0.2, -0.15) is 0 Å². The van der Waals surface area contributed by atoms with E-state index in [-0.39, 0.29) is 16.5 Å². The maximum Gasteiger partial charge on any atom is 0.210 e. The monoisotopic (exact) mass is 747 g/mol. The Balaban J connectivity index is 0.00000200. The third-order valence-corrected chi connectivity index (χ3v) is 9.41. The molecule has 1 aliphatic rings. The molecule has 292 valence electrons. The Morgan fingerprint density at radius 2 is 0.843 bits per heavy atom. The van der Waals surface area contributed by atoms with Crippen LogP contribution in [0.4, 0.5) is 0 Å². The standard InChI is InChI=1S/C38H56N2.2C4H10O.Ni/c1-6-11-15-17-21-32-23-30(19-13-8-3)25-35(26-32)37-29-34(10-5)38(40(37)39)36-27-31(20-14-9-4)24-33(28-36)22-18-16-12-7-2;2*1-2-3-4-5;/h23-29H,6-22H2,1-5H3;2*5H,2-4H2,1H3;. The molecule has 3 rings (SSSR count). The summed E-state index contributed by atoms with van der Waals surface area (Å²) in [6.45, 7) is 16.1. The molecule has 0 saturated heterocycles. The van der Waals surface area contributed by atoms with Gasteiger partial charge in [-0.25, -0.2) is 4.70 Å². The van der Waals surface area contributed by atoms with Crippen molar-refractivity contribution in [2.75, 3.05) is 13.2 Å². The van der Waals surface area contributed by atoms with E-state index in [1.165, 1.54) is 115 Å². The van der Waals surface area contributed by atoms with Crippen LogP contribution in [0.2, 0.25) is 0 Å². The average Bonchev–Trinajstić information content (AvgIpc) is 3.47. The van der Waals surface area contributed by atoms with E-state index in [4.69, 9.17) is 10.2 Å². The molecule has 5 heteroatoms. The van der Waals surface area contributed by atoms with Crippen molar-refractivity contribution in [3.63, 3.8) is 0 Å². The minimum atomic E-state index is 0. The van der Waals surface area contributed by atoms with Gasteiger partial charge in [0.15, 0.2) is 0 Å². The van der Waals surface area contributed by atoms with Gasteiger partial charge in [-0.1, -0.05) is 125 Å². The Kier molecular flexibility index (Phi) is 30.2. The third kappa shape index (κ3) is 19.5. The molecule has 0 fully saturated rings. The average molecular weight is 748 g/mol. The van der Waals surface area contributed by atoms with Crippen LogP contribution in [0.15, 0.2) is 48.0 Å². The molecule has 0 unspecified atom stereocenters. The van der Waals surface area contributed by atoms with Gasteiger partial charge in [0.05, 0.1) is 0 Å². The second-order valence-corrected chi connectivity index (χ2v) is 14.1. The molecule has 2 aromatic rings. The number of unbranched alkanes of at least 4 members (excludes halogenated alkanes) is 10. The van der Waals surface area contributed by atoms with Crippen LogP contribution >= 0.6 is 0 Å². The zero-order valence-electron chi connectivity index (χ0n) is 33.9. The molecular formula is C46H76N2NiO2. The second kappa shape index (κ2) is 31.5. The minimum absolute atomic E-state index is 0. The van der Waals surface area contributed by atoms with Crippen LogP contribution in [0.3, 0.4) is 0 Å². The van der Waals surface area contributed by atoms with E-state index >= 15 is 0 Å². The molecule has 0 amide bonds. The van der Waals surface area contributed by atoms with Crippen LogP contribution in [-0.4, -0.2) is 28.1 Å². The zero-order chi connectivity index (χ0) is 37.0. The summed E-state index contributed by atoms with van der Waals surface area (Å²) in [5.41, 5.74) is 22.9. The van der Waals surface area contributed by atoms with Crippen molar-refractivity contribution in [3.8, 4) is 0 Å². The maximum absolute atomic E-state index is 11.8. The van der Waals surface area contributed by atoms with Gasteiger partial charge >= 0.3 is 0 Å². The summed E-state index contributed by atoms with van der Waals surface area (Å²) in [5, 5.41) is 16.1. The molecule has 0 saturated carbocycles. The fourth-order valence-corrected chi connectivity index (χ4v) is 6.31. The summed E-state index contributed by atoms with van der Waals surface area (Å²) in [6.07, 6.45) is 26.7. The Bertz CT molecular complexity index is 1260. The van der Waals surface area contributed by atoms with Gasteiger partial charge in [0.25, 0.3) is 0 Å². The zero-order valence-corrected chi connectivity index (χ0v) is 34.9. The Labute approximate surface area is 325 Å². The van der Waals surface area contributed by atoms with Crippen LogP contribution < -0.4 is 0 Å². The smallest absolute Gasteiger partial charge is 0.210 e. The molecular weight excluding hydrogens is 671 g/mol. The Morgan fingerprint density at radius 1 is 0.471 bits per heavy atom. The van der Waals surface area contributed by atoms with Gasteiger partial charge in [-0.15, -0.1) is 0 Å². The largest absolute Gasteiger partial charge is 0.493 e. The Hall–Kier alpha value is -2.07. The van der Waals surface area contributed by atoms with Crippen LogP contribution in [0.1, 0.15) is 191 Å². The summed E-state index contributed by atoms with van der Waals surface area (Å²) in [6, 6.07) is 14.2. The van der Waals surface area contributed by atoms with E-state index < -0.39 is 0 Å². The van der Waals surface area contributed by atoms with Crippen LogP contribution in [0.5, 0.6) is 0 Å². The summed E-state index contributed by atoms with van der Waals surface area (Å²) < 4.78 is 1.51. The molecule has 51 heavy (non-hydrogen) atoms. The van der Waals surface area contributed by atoms with Crippen molar-refractivity contribution in [2.24, 2.45) is 0 Å². The van der Waals surface area contributed by atoms with E-state index in [1.807, 2.05) is 0 Å². The molecule has 0 bridgehead atoms. The molecule has 4 nitrogen and oxygen atoms in total. The van der Waals surface area contributed by atoms with Gasteiger partial charge in [-0.3, -0.25) is 0 Å². The molecule has 0 aromatic heterocycles.